The molecule has 1 unspecified atom stereocenters. The number of hydrogen-bond donors (Lipinski definition) is 1. The molecule has 0 saturated heterocycles. The van der Waals surface area contributed by atoms with E-state index in [1.54, 1.807) is 25.1 Å². The van der Waals surface area contributed by atoms with Crippen LogP contribution in [0, 0.1) is 15.9 Å². The molecule has 0 fully saturated rings. The summed E-state index contributed by atoms with van der Waals surface area (Å²) in [5.74, 6) is -0.684. The van der Waals surface area contributed by atoms with E-state index in [1.807, 2.05) is 0 Å². The molecular weight excluding hydrogens is 318 g/mol. The molecule has 0 aromatic heterocycles. The van der Waals surface area contributed by atoms with Crippen LogP contribution in [0.25, 0.3) is 0 Å². The van der Waals surface area contributed by atoms with Gasteiger partial charge in [0.2, 0.25) is 0 Å². The highest BCUT2D eigenvalue weighted by Crippen LogP contribution is 2.32. The molecule has 0 spiro atoms. The first kappa shape index (κ1) is 15.5. The van der Waals surface area contributed by atoms with Crippen LogP contribution in [-0.4, -0.2) is 4.92 Å². The molecule has 0 amide bonds. The lowest BCUT2D eigenvalue weighted by Gasteiger charge is -2.16. The van der Waals surface area contributed by atoms with E-state index in [2.05, 4.69) is 5.32 Å². The predicted molar refractivity (Wildman–Crippen MR) is 81.6 cm³/mol. The molecular formula is C14H11Cl2FN2O2. The second-order valence-corrected chi connectivity index (χ2v) is 5.25. The maximum atomic E-state index is 13.8. The summed E-state index contributed by atoms with van der Waals surface area (Å²) in [5.41, 5.74) is 0.268. The smallest absolute Gasteiger partial charge is 0.295 e. The number of nitro groups is 1. The zero-order valence-corrected chi connectivity index (χ0v) is 12.5. The van der Waals surface area contributed by atoms with Crippen LogP contribution in [0.4, 0.5) is 15.8 Å². The second kappa shape index (κ2) is 6.28. The quantitative estimate of drug-likeness (QED) is 0.618. The van der Waals surface area contributed by atoms with Gasteiger partial charge in [-0.2, -0.15) is 0 Å². The summed E-state index contributed by atoms with van der Waals surface area (Å²) < 4.78 is 13.8. The fraction of sp³-hybridized carbons (Fsp3) is 0.143. The fourth-order valence-corrected chi connectivity index (χ4v) is 2.20. The molecule has 0 aliphatic heterocycles. The van der Waals surface area contributed by atoms with Crippen LogP contribution in [0.3, 0.4) is 0 Å². The number of nitrogens with one attached hydrogen (secondary N) is 1. The molecule has 1 N–H and O–H groups in total. The molecule has 0 heterocycles. The van der Waals surface area contributed by atoms with Gasteiger partial charge < -0.3 is 5.32 Å². The van der Waals surface area contributed by atoms with Crippen LogP contribution in [0.2, 0.25) is 10.0 Å². The van der Waals surface area contributed by atoms with Gasteiger partial charge in [-0.25, -0.2) is 4.39 Å². The van der Waals surface area contributed by atoms with E-state index >= 15 is 0 Å². The Morgan fingerprint density at radius 1 is 1.24 bits per heavy atom. The largest absolute Gasteiger partial charge is 0.371 e. The van der Waals surface area contributed by atoms with Crippen molar-refractivity contribution in [3.63, 3.8) is 0 Å². The number of anilines is 1. The molecule has 2 rings (SSSR count). The molecule has 0 aliphatic carbocycles. The molecule has 0 radical (unpaired) electrons. The van der Waals surface area contributed by atoms with Crippen molar-refractivity contribution in [3.05, 3.63) is 67.9 Å². The molecule has 4 nitrogen and oxygen atoms in total. The molecule has 1 atom stereocenters. The van der Waals surface area contributed by atoms with Gasteiger partial charge in [-0.3, -0.25) is 10.1 Å². The van der Waals surface area contributed by atoms with E-state index in [-0.39, 0.29) is 17.4 Å². The Labute approximate surface area is 130 Å². The Bertz CT molecular complexity index is 695. The minimum absolute atomic E-state index is 0.152. The van der Waals surface area contributed by atoms with Crippen molar-refractivity contribution in [2.45, 2.75) is 13.0 Å². The number of benzene rings is 2. The minimum atomic E-state index is -0.684. The van der Waals surface area contributed by atoms with Crippen LogP contribution in [-0.2, 0) is 0 Å². The highest BCUT2D eigenvalue weighted by Gasteiger charge is 2.20. The maximum Gasteiger partial charge on any atom is 0.295 e. The number of hydrogen-bond acceptors (Lipinski definition) is 3. The Morgan fingerprint density at radius 3 is 2.57 bits per heavy atom. The molecule has 0 bridgehead atoms. The van der Waals surface area contributed by atoms with Gasteiger partial charge in [0.25, 0.3) is 5.69 Å². The van der Waals surface area contributed by atoms with Gasteiger partial charge in [-0.05, 0) is 30.7 Å². The highest BCUT2D eigenvalue weighted by atomic mass is 35.5. The fourth-order valence-electron chi connectivity index (χ4n) is 1.89. The van der Waals surface area contributed by atoms with Crippen LogP contribution in [0.1, 0.15) is 18.5 Å². The van der Waals surface area contributed by atoms with Crippen LogP contribution >= 0.6 is 23.2 Å². The average Bonchev–Trinajstić information content (AvgIpc) is 2.43. The standard InChI is InChI=1S/C14H11Cl2FN2O2/c1-8(9-5-6-10(15)11(16)7-9)18-14-12(17)3-2-4-13(14)19(20)21/h2-8,18H,1H3. The van der Waals surface area contributed by atoms with Gasteiger partial charge in [-0.1, -0.05) is 35.3 Å². The first-order valence-electron chi connectivity index (χ1n) is 6.04. The van der Waals surface area contributed by atoms with E-state index in [0.29, 0.717) is 10.0 Å². The summed E-state index contributed by atoms with van der Waals surface area (Å²) in [4.78, 5) is 10.3. The number of rotatable bonds is 4. The van der Waals surface area contributed by atoms with Crippen LogP contribution in [0.5, 0.6) is 0 Å². The van der Waals surface area contributed by atoms with Crippen molar-refractivity contribution >= 4 is 34.6 Å². The molecule has 21 heavy (non-hydrogen) atoms. The zero-order chi connectivity index (χ0) is 15.6. The number of nitrogens with zero attached hydrogens (tertiary/aromatic N) is 1. The lowest BCUT2D eigenvalue weighted by molar-refractivity contribution is -0.384. The van der Waals surface area contributed by atoms with Gasteiger partial charge in [0.15, 0.2) is 5.82 Å². The van der Waals surface area contributed by atoms with Crippen molar-refractivity contribution in [1.82, 2.24) is 0 Å². The molecule has 7 heteroatoms. The molecule has 2 aromatic carbocycles. The molecule has 0 saturated carbocycles. The van der Waals surface area contributed by atoms with Crippen molar-refractivity contribution < 1.29 is 9.31 Å². The Morgan fingerprint density at radius 2 is 1.95 bits per heavy atom. The van der Waals surface area contributed by atoms with E-state index in [1.165, 1.54) is 12.1 Å². The lowest BCUT2D eigenvalue weighted by Crippen LogP contribution is -2.10. The van der Waals surface area contributed by atoms with Crippen LogP contribution < -0.4 is 5.32 Å². The summed E-state index contributed by atoms with van der Waals surface area (Å²) in [5, 5.41) is 14.5. The van der Waals surface area contributed by atoms with E-state index in [9.17, 15) is 14.5 Å². The van der Waals surface area contributed by atoms with E-state index < -0.39 is 10.7 Å². The third-order valence-corrected chi connectivity index (χ3v) is 3.73. The zero-order valence-electron chi connectivity index (χ0n) is 10.9. The van der Waals surface area contributed by atoms with Crippen molar-refractivity contribution in [2.75, 3.05) is 5.32 Å². The van der Waals surface area contributed by atoms with Crippen LogP contribution in [0.15, 0.2) is 36.4 Å². The number of nitro benzene ring substituents is 1. The highest BCUT2D eigenvalue weighted by molar-refractivity contribution is 6.42. The first-order valence-corrected chi connectivity index (χ1v) is 6.80. The minimum Gasteiger partial charge on any atom is -0.371 e. The second-order valence-electron chi connectivity index (χ2n) is 4.43. The van der Waals surface area contributed by atoms with Gasteiger partial charge in [0, 0.05) is 12.1 Å². The monoisotopic (exact) mass is 328 g/mol. The summed E-state index contributed by atoms with van der Waals surface area (Å²) in [6.07, 6.45) is 0. The predicted octanol–water partition coefficient (Wildman–Crippen LogP) is 5.21. The summed E-state index contributed by atoms with van der Waals surface area (Å²) >= 11 is 11.8. The van der Waals surface area contributed by atoms with E-state index in [4.69, 9.17) is 23.2 Å². The lowest BCUT2D eigenvalue weighted by atomic mass is 10.1. The summed E-state index contributed by atoms with van der Waals surface area (Å²) in [7, 11) is 0. The Hall–Kier alpha value is -1.85. The Kier molecular flexibility index (Phi) is 4.65. The third kappa shape index (κ3) is 3.43. The normalized spacial score (nSPS) is 12.0. The van der Waals surface area contributed by atoms with E-state index in [0.717, 1.165) is 11.6 Å². The van der Waals surface area contributed by atoms with Gasteiger partial charge in [-0.15, -0.1) is 0 Å². The van der Waals surface area contributed by atoms with Gasteiger partial charge >= 0.3 is 0 Å². The van der Waals surface area contributed by atoms with Crippen molar-refractivity contribution in [1.29, 1.82) is 0 Å². The summed E-state index contributed by atoms with van der Waals surface area (Å²) in [6, 6.07) is 8.29. The molecule has 110 valence electrons. The topological polar surface area (TPSA) is 55.2 Å². The summed E-state index contributed by atoms with van der Waals surface area (Å²) in [6.45, 7) is 1.75. The first-order chi connectivity index (χ1) is 9.90. The van der Waals surface area contributed by atoms with Gasteiger partial charge in [0.1, 0.15) is 5.69 Å². The van der Waals surface area contributed by atoms with Crippen molar-refractivity contribution in [3.8, 4) is 0 Å². The number of halogens is 3. The Balaban J connectivity index is 2.33. The number of para-hydroxylation sites is 1. The van der Waals surface area contributed by atoms with Crippen molar-refractivity contribution in [2.24, 2.45) is 0 Å². The maximum absolute atomic E-state index is 13.8. The average molecular weight is 329 g/mol. The molecule has 2 aromatic rings. The third-order valence-electron chi connectivity index (χ3n) is 2.99. The SMILES string of the molecule is CC(Nc1c(F)cccc1[N+](=O)[O-])c1ccc(Cl)c(Cl)c1. The molecule has 0 aliphatic rings. The van der Waals surface area contributed by atoms with Gasteiger partial charge in [0.05, 0.1) is 15.0 Å².